The zero-order valence-corrected chi connectivity index (χ0v) is 8.08. The Morgan fingerprint density at radius 2 is 2.36 bits per heavy atom. The van der Waals surface area contributed by atoms with Gasteiger partial charge in [0.1, 0.15) is 20.2 Å². The molecule has 2 rings (SSSR count). The highest BCUT2D eigenvalue weighted by atomic mass is 16.5. The first-order valence-electron chi connectivity index (χ1n) is 4.57. The van der Waals surface area contributed by atoms with Crippen LogP contribution < -0.4 is 21.4 Å². The number of benzene rings is 1. The Hall–Kier alpha value is -1.65. The molecule has 72 valence electrons. The second-order valence-electron chi connectivity index (χ2n) is 3.25. The van der Waals surface area contributed by atoms with E-state index in [0.717, 1.165) is 23.3 Å². The molecule has 0 saturated carbocycles. The van der Waals surface area contributed by atoms with Crippen molar-refractivity contribution in [3.8, 4) is 5.75 Å². The summed E-state index contributed by atoms with van der Waals surface area (Å²) in [6.45, 7) is 1.36. The van der Waals surface area contributed by atoms with E-state index in [1.165, 1.54) is 0 Å². The van der Waals surface area contributed by atoms with E-state index in [2.05, 4.69) is 10.4 Å². The summed E-state index contributed by atoms with van der Waals surface area (Å²) in [5, 5.41) is 6.83. The largest absolute Gasteiger partial charge is 0.491 e. The summed E-state index contributed by atoms with van der Waals surface area (Å²) in [6, 6.07) is 5.97. The smallest absolute Gasteiger partial charge is 0.156 e. The van der Waals surface area contributed by atoms with Crippen LogP contribution in [0.15, 0.2) is 23.3 Å². The van der Waals surface area contributed by atoms with Gasteiger partial charge in [-0.05, 0) is 6.07 Å². The van der Waals surface area contributed by atoms with E-state index >= 15 is 0 Å². The van der Waals surface area contributed by atoms with Gasteiger partial charge in [-0.15, -0.1) is 0 Å². The number of hydrogen-bond acceptors (Lipinski definition) is 3. The second kappa shape index (κ2) is 3.61. The molecule has 0 aromatic heterocycles. The quantitative estimate of drug-likeness (QED) is 0.298. The summed E-state index contributed by atoms with van der Waals surface area (Å²) < 4.78 is 5.54. The van der Waals surface area contributed by atoms with Crippen LogP contribution >= 0.6 is 0 Å². The van der Waals surface area contributed by atoms with Crippen LogP contribution in [0, 0.1) is 0 Å². The van der Waals surface area contributed by atoms with Crippen molar-refractivity contribution in [3.63, 3.8) is 0 Å². The molecular formula is C9H12BN3O. The number of ether oxygens (including phenoxy) is 1. The molecule has 1 aliphatic rings. The summed E-state index contributed by atoms with van der Waals surface area (Å²) in [5.41, 5.74) is 2.10. The van der Waals surface area contributed by atoms with Crippen molar-refractivity contribution in [2.75, 3.05) is 13.2 Å². The van der Waals surface area contributed by atoms with Crippen LogP contribution in [-0.4, -0.2) is 26.8 Å². The average Bonchev–Trinajstić information content (AvgIpc) is 2.39. The van der Waals surface area contributed by atoms with Crippen molar-refractivity contribution in [1.29, 1.82) is 0 Å². The van der Waals surface area contributed by atoms with Gasteiger partial charge in [0, 0.05) is 0 Å². The van der Waals surface area contributed by atoms with Gasteiger partial charge in [0.05, 0.1) is 12.1 Å². The van der Waals surface area contributed by atoms with Crippen molar-refractivity contribution < 1.29 is 4.74 Å². The highest BCUT2D eigenvalue weighted by Gasteiger charge is 2.13. The molecule has 3 N–H and O–H groups in total. The summed E-state index contributed by atoms with van der Waals surface area (Å²) in [7, 11) is 2.03. The predicted molar refractivity (Wildman–Crippen MR) is 58.8 cm³/mol. The maximum atomic E-state index is 5.54. The zero-order chi connectivity index (χ0) is 9.97. The molecular weight excluding hydrogens is 177 g/mol. The van der Waals surface area contributed by atoms with Crippen molar-refractivity contribution in [3.05, 3.63) is 23.8 Å². The highest BCUT2D eigenvalue weighted by molar-refractivity contribution is 6.32. The molecule has 0 fully saturated rings. The minimum absolute atomic E-state index is 0.634. The molecule has 0 saturated heterocycles. The number of rotatable bonds is 0. The Bertz CT molecular complexity index is 378. The maximum absolute atomic E-state index is 5.54. The number of nitrogens with zero attached hydrogens (tertiary/aromatic N) is 1. The molecule has 0 amide bonds. The van der Waals surface area contributed by atoms with E-state index in [0.29, 0.717) is 12.4 Å². The Labute approximate surface area is 83.5 Å². The van der Waals surface area contributed by atoms with Crippen LogP contribution in [0.25, 0.3) is 0 Å². The zero-order valence-electron chi connectivity index (χ0n) is 8.08. The number of hydrazone groups is 1. The second-order valence-corrected chi connectivity index (χ2v) is 3.25. The van der Waals surface area contributed by atoms with Gasteiger partial charge in [0.15, 0.2) is 5.84 Å². The number of nitrogens with one attached hydrogen (secondary N) is 1. The molecule has 0 aliphatic carbocycles. The van der Waals surface area contributed by atoms with Gasteiger partial charge in [-0.3, -0.25) is 0 Å². The minimum atomic E-state index is 0.634. The fourth-order valence-electron chi connectivity index (χ4n) is 1.50. The summed E-state index contributed by atoms with van der Waals surface area (Å²) in [6.07, 6.45) is 0. The molecule has 0 radical (unpaired) electrons. The third kappa shape index (κ3) is 1.53. The third-order valence-corrected chi connectivity index (χ3v) is 2.17. The Kier molecular flexibility index (Phi) is 2.31. The lowest BCUT2D eigenvalue weighted by atomic mass is 9.94. The molecule has 0 atom stereocenters. The van der Waals surface area contributed by atoms with Crippen LogP contribution in [-0.2, 0) is 0 Å². The molecule has 14 heavy (non-hydrogen) atoms. The van der Waals surface area contributed by atoms with Crippen LogP contribution in [0.1, 0.15) is 5.56 Å². The Balaban J connectivity index is 2.51. The maximum Gasteiger partial charge on any atom is 0.156 e. The molecule has 1 heterocycles. The van der Waals surface area contributed by atoms with Crippen molar-refractivity contribution in [2.45, 2.75) is 0 Å². The van der Waals surface area contributed by atoms with E-state index in [-0.39, 0.29) is 0 Å². The third-order valence-electron chi connectivity index (χ3n) is 2.17. The average molecular weight is 189 g/mol. The van der Waals surface area contributed by atoms with Crippen molar-refractivity contribution in [1.82, 2.24) is 5.32 Å². The molecule has 5 heteroatoms. The van der Waals surface area contributed by atoms with Gasteiger partial charge in [-0.25, -0.2) is 0 Å². The standard InChI is InChI=1S/C9H12BN3O/c10-6-1-2-8-7(5-6)9(13-11)12-3-4-14-8/h1-2,5H,3-4,10-11H2,(H,12,13). The molecule has 1 aromatic rings. The van der Waals surface area contributed by atoms with Gasteiger partial charge in [-0.2, -0.15) is 5.10 Å². The molecule has 0 unspecified atom stereocenters. The Morgan fingerprint density at radius 1 is 1.50 bits per heavy atom. The van der Waals surface area contributed by atoms with E-state index < -0.39 is 0 Å². The Morgan fingerprint density at radius 3 is 3.14 bits per heavy atom. The fourth-order valence-corrected chi connectivity index (χ4v) is 1.50. The molecule has 0 bridgehead atoms. The normalized spacial score (nSPS) is 17.9. The van der Waals surface area contributed by atoms with E-state index in [9.17, 15) is 0 Å². The lowest BCUT2D eigenvalue weighted by Gasteiger charge is -2.07. The van der Waals surface area contributed by atoms with Crippen molar-refractivity contribution in [2.24, 2.45) is 10.9 Å². The topological polar surface area (TPSA) is 59.6 Å². The number of nitrogens with two attached hydrogens (primary N) is 1. The first kappa shape index (κ1) is 8.93. The van der Waals surface area contributed by atoms with E-state index in [1.54, 1.807) is 0 Å². The fraction of sp³-hybridized carbons (Fsp3) is 0.222. The monoisotopic (exact) mass is 189 g/mol. The molecule has 1 aliphatic heterocycles. The van der Waals surface area contributed by atoms with Gasteiger partial charge < -0.3 is 15.9 Å². The lowest BCUT2D eigenvalue weighted by Crippen LogP contribution is -2.27. The van der Waals surface area contributed by atoms with Gasteiger partial charge in [-0.1, -0.05) is 17.6 Å². The van der Waals surface area contributed by atoms with E-state index in [1.807, 2.05) is 26.0 Å². The molecule has 0 spiro atoms. The van der Waals surface area contributed by atoms with Crippen LogP contribution in [0.3, 0.4) is 0 Å². The van der Waals surface area contributed by atoms with Crippen LogP contribution in [0.5, 0.6) is 5.75 Å². The number of fused-ring (bicyclic) bond motifs is 1. The summed E-state index contributed by atoms with van der Waals surface area (Å²) >= 11 is 0. The van der Waals surface area contributed by atoms with Crippen molar-refractivity contribution >= 4 is 19.1 Å². The minimum Gasteiger partial charge on any atom is -0.491 e. The number of hydrogen-bond donors (Lipinski definition) is 2. The SMILES string of the molecule is Bc1ccc2c(c1)/C(=N/N)NCCO2. The first-order valence-corrected chi connectivity index (χ1v) is 4.57. The lowest BCUT2D eigenvalue weighted by molar-refractivity contribution is 0.327. The van der Waals surface area contributed by atoms with E-state index in [4.69, 9.17) is 10.6 Å². The predicted octanol–water partition coefficient (Wildman–Crippen LogP) is -1.45. The number of amidine groups is 1. The van der Waals surface area contributed by atoms with Crippen LogP contribution in [0.2, 0.25) is 0 Å². The summed E-state index contributed by atoms with van der Waals surface area (Å²) in [4.78, 5) is 0. The first-order chi connectivity index (χ1) is 6.81. The summed E-state index contributed by atoms with van der Waals surface area (Å²) in [5.74, 6) is 6.84. The molecule has 4 nitrogen and oxygen atoms in total. The molecule has 1 aromatic carbocycles. The van der Waals surface area contributed by atoms with Crippen LogP contribution in [0.4, 0.5) is 0 Å². The van der Waals surface area contributed by atoms with Gasteiger partial charge in [0.2, 0.25) is 0 Å². The highest BCUT2D eigenvalue weighted by Crippen LogP contribution is 2.18. The van der Waals surface area contributed by atoms with Gasteiger partial charge >= 0.3 is 0 Å². The van der Waals surface area contributed by atoms with Gasteiger partial charge in [0.25, 0.3) is 0 Å².